The summed E-state index contributed by atoms with van der Waals surface area (Å²) in [6, 6.07) is 0. The van der Waals surface area contributed by atoms with Gasteiger partial charge in [-0.25, -0.2) is 4.79 Å². The maximum atomic E-state index is 12.6. The molecule has 0 spiro atoms. The number of amides is 1. The average molecular weight is 297 g/mol. The highest BCUT2D eigenvalue weighted by molar-refractivity contribution is 5.80. The van der Waals surface area contributed by atoms with E-state index in [0.29, 0.717) is 12.5 Å². The van der Waals surface area contributed by atoms with Crippen molar-refractivity contribution in [2.45, 2.75) is 64.6 Å². The summed E-state index contributed by atoms with van der Waals surface area (Å²) < 4.78 is 5.36. The predicted octanol–water partition coefficient (Wildman–Crippen LogP) is 2.29. The molecular weight excluding hydrogens is 270 g/mol. The zero-order valence-electron chi connectivity index (χ0n) is 13.1. The van der Waals surface area contributed by atoms with Gasteiger partial charge >= 0.3 is 5.97 Å². The summed E-state index contributed by atoms with van der Waals surface area (Å²) in [7, 11) is 0. The van der Waals surface area contributed by atoms with Gasteiger partial charge in [0.1, 0.15) is 0 Å². The third kappa shape index (κ3) is 4.43. The summed E-state index contributed by atoms with van der Waals surface area (Å²) in [5.41, 5.74) is 0. The van der Waals surface area contributed by atoms with Crippen LogP contribution in [0.1, 0.15) is 52.4 Å². The molecule has 0 bridgehead atoms. The second kappa shape index (κ2) is 7.25. The number of morpholine rings is 1. The molecule has 2 aliphatic rings. The summed E-state index contributed by atoms with van der Waals surface area (Å²) in [5, 5.41) is 9.09. The van der Waals surface area contributed by atoms with Gasteiger partial charge in [-0.3, -0.25) is 4.79 Å². The van der Waals surface area contributed by atoms with Gasteiger partial charge < -0.3 is 14.7 Å². The fraction of sp³-hybridized carbons (Fsp3) is 0.875. The van der Waals surface area contributed by atoms with E-state index < -0.39 is 12.1 Å². The molecule has 1 heterocycles. The molecule has 0 radical (unpaired) electrons. The molecular formula is C16H27NO4. The number of aliphatic carboxylic acids is 1. The number of rotatable bonds is 4. The van der Waals surface area contributed by atoms with Crippen LogP contribution in [0.5, 0.6) is 0 Å². The monoisotopic (exact) mass is 297 g/mol. The first-order chi connectivity index (χ1) is 9.97. The third-order valence-electron chi connectivity index (χ3n) is 4.68. The lowest BCUT2D eigenvalue weighted by Crippen LogP contribution is -2.53. The van der Waals surface area contributed by atoms with Crippen LogP contribution in [0.4, 0.5) is 0 Å². The molecule has 1 aliphatic carbocycles. The molecule has 1 N–H and O–H groups in total. The zero-order chi connectivity index (χ0) is 15.4. The van der Waals surface area contributed by atoms with Crippen LogP contribution in [0.15, 0.2) is 0 Å². The highest BCUT2D eigenvalue weighted by Gasteiger charge is 2.34. The van der Waals surface area contributed by atoms with Crippen molar-refractivity contribution in [2.75, 3.05) is 13.1 Å². The standard InChI is InChI=1S/C16H27NO4/c1-11(8-13-6-4-3-5-7-13)15(18)17-9-12(2)21-14(10-17)16(19)20/h11-14H,3-10H2,1-2H3,(H,19,20)/t11?,12-,14?/m1/s1. The largest absolute Gasteiger partial charge is 0.479 e. The van der Waals surface area contributed by atoms with Crippen molar-refractivity contribution in [3.05, 3.63) is 0 Å². The number of nitrogens with zero attached hydrogens (tertiary/aromatic N) is 1. The quantitative estimate of drug-likeness (QED) is 0.864. The van der Waals surface area contributed by atoms with Crippen LogP contribution in [0.3, 0.4) is 0 Å². The smallest absolute Gasteiger partial charge is 0.334 e. The Morgan fingerprint density at radius 1 is 1.24 bits per heavy atom. The molecule has 21 heavy (non-hydrogen) atoms. The molecule has 120 valence electrons. The van der Waals surface area contributed by atoms with E-state index in [9.17, 15) is 9.59 Å². The maximum absolute atomic E-state index is 12.6. The molecule has 1 aliphatic heterocycles. The average Bonchev–Trinajstić information content (AvgIpc) is 2.46. The van der Waals surface area contributed by atoms with E-state index in [4.69, 9.17) is 9.84 Å². The first-order valence-corrected chi connectivity index (χ1v) is 8.14. The molecule has 1 amide bonds. The lowest BCUT2D eigenvalue weighted by Gasteiger charge is -2.37. The van der Waals surface area contributed by atoms with Crippen LogP contribution in [0.25, 0.3) is 0 Å². The second-order valence-corrected chi connectivity index (χ2v) is 6.66. The molecule has 5 nitrogen and oxygen atoms in total. The van der Waals surface area contributed by atoms with Crippen molar-refractivity contribution < 1.29 is 19.4 Å². The number of carbonyl (C=O) groups excluding carboxylic acids is 1. The minimum atomic E-state index is -0.987. The zero-order valence-corrected chi connectivity index (χ0v) is 13.1. The number of hydrogen-bond donors (Lipinski definition) is 1. The summed E-state index contributed by atoms with van der Waals surface area (Å²) in [4.78, 5) is 25.3. The topological polar surface area (TPSA) is 66.8 Å². The van der Waals surface area contributed by atoms with E-state index in [0.717, 1.165) is 6.42 Å². The highest BCUT2D eigenvalue weighted by Crippen LogP contribution is 2.30. The van der Waals surface area contributed by atoms with Gasteiger partial charge in [-0.1, -0.05) is 39.0 Å². The van der Waals surface area contributed by atoms with Gasteiger partial charge in [0.05, 0.1) is 12.6 Å². The first kappa shape index (κ1) is 16.3. The van der Waals surface area contributed by atoms with Gasteiger partial charge in [0.25, 0.3) is 0 Å². The van der Waals surface area contributed by atoms with E-state index in [-0.39, 0.29) is 24.5 Å². The van der Waals surface area contributed by atoms with E-state index in [1.807, 2.05) is 13.8 Å². The Bertz CT molecular complexity index is 378. The molecule has 1 saturated carbocycles. The van der Waals surface area contributed by atoms with Crippen LogP contribution in [-0.2, 0) is 14.3 Å². The lowest BCUT2D eigenvalue weighted by molar-refractivity contribution is -0.167. The van der Waals surface area contributed by atoms with Crippen molar-refractivity contribution in [1.29, 1.82) is 0 Å². The molecule has 3 atom stereocenters. The third-order valence-corrected chi connectivity index (χ3v) is 4.68. The van der Waals surface area contributed by atoms with E-state index in [1.165, 1.54) is 32.1 Å². The van der Waals surface area contributed by atoms with Crippen molar-refractivity contribution in [3.8, 4) is 0 Å². The minimum absolute atomic E-state index is 0.0205. The molecule has 0 aromatic carbocycles. The van der Waals surface area contributed by atoms with E-state index in [2.05, 4.69) is 0 Å². The summed E-state index contributed by atoms with van der Waals surface area (Å²) in [6.07, 6.45) is 6.17. The predicted molar refractivity (Wildman–Crippen MR) is 78.9 cm³/mol. The molecule has 2 unspecified atom stereocenters. The highest BCUT2D eigenvalue weighted by atomic mass is 16.5. The van der Waals surface area contributed by atoms with Gasteiger partial charge in [-0.2, -0.15) is 0 Å². The Hall–Kier alpha value is -1.10. The van der Waals surface area contributed by atoms with Gasteiger partial charge in [0.2, 0.25) is 5.91 Å². The number of ether oxygens (including phenoxy) is 1. The Morgan fingerprint density at radius 3 is 2.52 bits per heavy atom. The minimum Gasteiger partial charge on any atom is -0.479 e. The Kier molecular flexibility index (Phi) is 5.62. The molecule has 0 aromatic heterocycles. The van der Waals surface area contributed by atoms with Crippen molar-refractivity contribution in [2.24, 2.45) is 11.8 Å². The van der Waals surface area contributed by atoms with Crippen LogP contribution in [0.2, 0.25) is 0 Å². The van der Waals surface area contributed by atoms with Gasteiger partial charge in [0, 0.05) is 12.5 Å². The summed E-state index contributed by atoms with van der Waals surface area (Å²) in [6.45, 7) is 4.47. The van der Waals surface area contributed by atoms with Gasteiger partial charge in [-0.05, 0) is 19.3 Å². The van der Waals surface area contributed by atoms with Crippen molar-refractivity contribution >= 4 is 11.9 Å². The molecule has 2 rings (SSSR count). The van der Waals surface area contributed by atoms with Crippen molar-refractivity contribution in [3.63, 3.8) is 0 Å². The van der Waals surface area contributed by atoms with Crippen LogP contribution in [-0.4, -0.2) is 47.2 Å². The second-order valence-electron chi connectivity index (χ2n) is 6.66. The molecule has 2 fully saturated rings. The fourth-order valence-corrected chi connectivity index (χ4v) is 3.60. The number of carboxylic acids is 1. The summed E-state index contributed by atoms with van der Waals surface area (Å²) in [5.74, 6) is -0.263. The first-order valence-electron chi connectivity index (χ1n) is 8.14. The Balaban J connectivity index is 1.89. The summed E-state index contributed by atoms with van der Waals surface area (Å²) >= 11 is 0. The van der Waals surface area contributed by atoms with Crippen LogP contribution < -0.4 is 0 Å². The van der Waals surface area contributed by atoms with Crippen LogP contribution >= 0.6 is 0 Å². The Labute approximate surface area is 126 Å². The van der Waals surface area contributed by atoms with Gasteiger partial charge in [-0.15, -0.1) is 0 Å². The lowest BCUT2D eigenvalue weighted by atomic mass is 9.83. The van der Waals surface area contributed by atoms with E-state index in [1.54, 1.807) is 4.90 Å². The Morgan fingerprint density at radius 2 is 1.90 bits per heavy atom. The van der Waals surface area contributed by atoms with Crippen molar-refractivity contribution in [1.82, 2.24) is 4.90 Å². The maximum Gasteiger partial charge on any atom is 0.334 e. The molecule has 5 heteroatoms. The number of carboxylic acid groups (broad SMARTS) is 1. The van der Waals surface area contributed by atoms with E-state index >= 15 is 0 Å². The van der Waals surface area contributed by atoms with Crippen LogP contribution in [0, 0.1) is 11.8 Å². The van der Waals surface area contributed by atoms with Gasteiger partial charge in [0.15, 0.2) is 6.10 Å². The SMILES string of the molecule is CC(CC1CCCCC1)C(=O)N1CC(C(=O)O)O[C@H](C)C1. The normalized spacial score (nSPS) is 29.1. The number of carbonyl (C=O) groups is 2. The molecule has 1 saturated heterocycles. The molecule has 0 aromatic rings. The fourth-order valence-electron chi connectivity index (χ4n) is 3.60. The number of hydrogen-bond acceptors (Lipinski definition) is 3.